The van der Waals surface area contributed by atoms with Crippen molar-refractivity contribution in [2.45, 2.75) is 13.1 Å². The third-order valence-corrected chi connectivity index (χ3v) is 5.26. The van der Waals surface area contributed by atoms with Crippen LogP contribution in [0.2, 0.25) is 0 Å². The van der Waals surface area contributed by atoms with Gasteiger partial charge in [0.25, 0.3) is 5.91 Å². The first kappa shape index (κ1) is 22.1. The van der Waals surface area contributed by atoms with Crippen LogP contribution in [0.5, 0.6) is 0 Å². The second kappa shape index (κ2) is 8.56. The largest absolute Gasteiger partial charge is 0.416 e. The van der Waals surface area contributed by atoms with Gasteiger partial charge in [-0.25, -0.2) is 19.9 Å². The zero-order valence-corrected chi connectivity index (χ0v) is 18.1. The first-order valence-corrected chi connectivity index (χ1v) is 10.3. The lowest BCUT2D eigenvalue weighted by atomic mass is 10.1. The minimum atomic E-state index is -4.54. The Hall–Kier alpha value is -4.74. The van der Waals surface area contributed by atoms with E-state index < -0.39 is 17.6 Å². The van der Waals surface area contributed by atoms with Crippen LogP contribution in [0, 0.1) is 6.92 Å². The molecule has 2 aromatic carbocycles. The fourth-order valence-electron chi connectivity index (χ4n) is 3.49. The number of nitrogens with zero attached hydrogens (tertiary/aromatic N) is 5. The minimum Gasteiger partial charge on any atom is -0.329 e. The number of hydrogen-bond donors (Lipinski definition) is 3. The third kappa shape index (κ3) is 4.40. The minimum absolute atomic E-state index is 0.0998. The van der Waals surface area contributed by atoms with Crippen molar-refractivity contribution >= 4 is 34.4 Å². The number of carbonyl (C=O) groups is 1. The average Bonchev–Trinajstić information content (AvgIpc) is 3.50. The molecule has 0 spiro atoms. The van der Waals surface area contributed by atoms with Crippen molar-refractivity contribution in [3.8, 4) is 5.82 Å². The Morgan fingerprint density at radius 2 is 1.91 bits per heavy atom. The average molecular weight is 478 g/mol. The van der Waals surface area contributed by atoms with Gasteiger partial charge < -0.3 is 15.6 Å². The van der Waals surface area contributed by atoms with Crippen molar-refractivity contribution in [1.82, 2.24) is 29.5 Å². The summed E-state index contributed by atoms with van der Waals surface area (Å²) in [4.78, 5) is 32.6. The summed E-state index contributed by atoms with van der Waals surface area (Å²) in [6.45, 7) is 1.87. The molecule has 0 atom stereocenters. The van der Waals surface area contributed by atoms with Gasteiger partial charge >= 0.3 is 6.18 Å². The van der Waals surface area contributed by atoms with Crippen LogP contribution in [0.25, 0.3) is 17.0 Å². The Balaban J connectivity index is 1.41. The number of rotatable bonds is 5. The number of nitrogens with one attached hydrogen (secondary N) is 3. The van der Waals surface area contributed by atoms with Crippen LogP contribution in [0.15, 0.2) is 67.5 Å². The summed E-state index contributed by atoms with van der Waals surface area (Å²) in [5.41, 5.74) is 2.03. The summed E-state index contributed by atoms with van der Waals surface area (Å²) in [6, 6.07) is 9.36. The molecule has 3 aromatic heterocycles. The van der Waals surface area contributed by atoms with Crippen LogP contribution in [-0.2, 0) is 6.18 Å². The normalized spacial score (nSPS) is 11.5. The highest BCUT2D eigenvalue weighted by molar-refractivity contribution is 6.04. The van der Waals surface area contributed by atoms with E-state index in [4.69, 9.17) is 0 Å². The molecule has 0 bridgehead atoms. The molecule has 0 saturated carbocycles. The number of alkyl halides is 3. The van der Waals surface area contributed by atoms with Gasteiger partial charge in [-0.2, -0.15) is 13.2 Å². The molecule has 0 radical (unpaired) electrons. The standard InChI is InChI=1S/C23H17F3N8O/c1-13-5-6-16(32-21(35)14-3-2-4-15(9-14)23(24,25)26)10-17(13)33-22-27-7-8-34(22)20-18-19(29-11-28-18)30-12-31-20/h2-12H,1H3,(H,27,33)(H,32,35)(H,28,29,30,31). The molecule has 176 valence electrons. The Kier molecular flexibility index (Phi) is 5.40. The topological polar surface area (TPSA) is 113 Å². The SMILES string of the molecule is Cc1ccc(NC(=O)c2cccc(C(F)(F)F)c2)cc1Nc1nccn1-c1ncnc2[nH]cnc12. The molecule has 5 rings (SSSR count). The maximum absolute atomic E-state index is 13.0. The third-order valence-electron chi connectivity index (χ3n) is 5.26. The van der Waals surface area contributed by atoms with Gasteiger partial charge in [-0.05, 0) is 42.8 Å². The van der Waals surface area contributed by atoms with E-state index in [1.165, 1.54) is 24.8 Å². The Bertz CT molecular complexity index is 1540. The summed E-state index contributed by atoms with van der Waals surface area (Å²) in [5, 5.41) is 5.85. The van der Waals surface area contributed by atoms with Crippen LogP contribution in [0.1, 0.15) is 21.5 Å². The highest BCUT2D eigenvalue weighted by atomic mass is 19.4. The number of anilines is 3. The number of benzene rings is 2. The highest BCUT2D eigenvalue weighted by Gasteiger charge is 2.30. The van der Waals surface area contributed by atoms with E-state index in [1.807, 2.05) is 6.92 Å². The van der Waals surface area contributed by atoms with Gasteiger partial charge in [-0.15, -0.1) is 0 Å². The van der Waals surface area contributed by atoms with Crippen molar-refractivity contribution in [3.05, 3.63) is 84.2 Å². The highest BCUT2D eigenvalue weighted by Crippen LogP contribution is 2.30. The Morgan fingerprint density at radius 3 is 2.74 bits per heavy atom. The van der Waals surface area contributed by atoms with E-state index in [0.29, 0.717) is 34.3 Å². The number of carbonyl (C=O) groups excluding carboxylic acids is 1. The van der Waals surface area contributed by atoms with Gasteiger partial charge in [0.2, 0.25) is 5.95 Å². The number of imidazole rings is 2. The van der Waals surface area contributed by atoms with Gasteiger partial charge in [0.1, 0.15) is 6.33 Å². The monoisotopic (exact) mass is 478 g/mol. The van der Waals surface area contributed by atoms with E-state index in [0.717, 1.165) is 17.7 Å². The van der Waals surface area contributed by atoms with Gasteiger partial charge in [0.05, 0.1) is 11.9 Å². The predicted octanol–water partition coefficient (Wildman–Crippen LogP) is 4.86. The van der Waals surface area contributed by atoms with Gasteiger partial charge in [0, 0.05) is 29.3 Å². The van der Waals surface area contributed by atoms with Crippen molar-refractivity contribution < 1.29 is 18.0 Å². The van der Waals surface area contributed by atoms with Crippen LogP contribution >= 0.6 is 0 Å². The lowest BCUT2D eigenvalue weighted by molar-refractivity contribution is -0.137. The second-order valence-corrected chi connectivity index (χ2v) is 7.61. The molecular formula is C23H17F3N8O. The van der Waals surface area contributed by atoms with Crippen molar-refractivity contribution in [1.29, 1.82) is 0 Å². The molecule has 0 unspecified atom stereocenters. The van der Waals surface area contributed by atoms with Gasteiger partial charge in [0.15, 0.2) is 17.0 Å². The predicted molar refractivity (Wildman–Crippen MR) is 123 cm³/mol. The molecule has 5 aromatic rings. The van der Waals surface area contributed by atoms with Crippen LogP contribution in [-0.4, -0.2) is 35.4 Å². The number of amides is 1. The molecule has 0 fully saturated rings. The molecule has 35 heavy (non-hydrogen) atoms. The summed E-state index contributed by atoms with van der Waals surface area (Å²) >= 11 is 0. The number of H-pyrrole nitrogens is 1. The molecular weight excluding hydrogens is 461 g/mol. The molecule has 12 heteroatoms. The second-order valence-electron chi connectivity index (χ2n) is 7.61. The molecule has 0 aliphatic carbocycles. The maximum atomic E-state index is 13.0. The van der Waals surface area contributed by atoms with Gasteiger partial charge in [-0.3, -0.25) is 9.36 Å². The van der Waals surface area contributed by atoms with E-state index in [-0.39, 0.29) is 5.56 Å². The number of halogens is 3. The summed E-state index contributed by atoms with van der Waals surface area (Å²) in [6.07, 6.45) is 1.71. The van der Waals surface area contributed by atoms with Gasteiger partial charge in [-0.1, -0.05) is 12.1 Å². The quantitative estimate of drug-likeness (QED) is 0.332. The van der Waals surface area contributed by atoms with E-state index in [2.05, 4.69) is 35.6 Å². The Morgan fingerprint density at radius 1 is 1.06 bits per heavy atom. The van der Waals surface area contributed by atoms with Crippen LogP contribution < -0.4 is 10.6 Å². The van der Waals surface area contributed by atoms with E-state index >= 15 is 0 Å². The number of aryl methyl sites for hydroxylation is 1. The fraction of sp³-hybridized carbons (Fsp3) is 0.0870. The maximum Gasteiger partial charge on any atom is 0.416 e. The number of aromatic amines is 1. The lowest BCUT2D eigenvalue weighted by Gasteiger charge is -2.14. The van der Waals surface area contributed by atoms with Crippen LogP contribution in [0.4, 0.5) is 30.5 Å². The van der Waals surface area contributed by atoms with Crippen molar-refractivity contribution in [2.24, 2.45) is 0 Å². The summed E-state index contributed by atoms with van der Waals surface area (Å²) in [7, 11) is 0. The van der Waals surface area contributed by atoms with E-state index in [1.54, 1.807) is 35.2 Å². The Labute approximate surface area is 196 Å². The molecule has 0 aliphatic rings. The smallest absolute Gasteiger partial charge is 0.329 e. The fourth-order valence-corrected chi connectivity index (χ4v) is 3.49. The zero-order valence-electron chi connectivity index (χ0n) is 18.1. The summed E-state index contributed by atoms with van der Waals surface area (Å²) < 4.78 is 40.7. The molecule has 3 N–H and O–H groups in total. The first-order valence-electron chi connectivity index (χ1n) is 10.3. The first-order chi connectivity index (χ1) is 16.8. The van der Waals surface area contributed by atoms with Crippen molar-refractivity contribution in [2.75, 3.05) is 10.6 Å². The summed E-state index contributed by atoms with van der Waals surface area (Å²) in [5.74, 6) is 0.301. The lowest BCUT2D eigenvalue weighted by Crippen LogP contribution is -2.14. The zero-order chi connectivity index (χ0) is 24.6. The van der Waals surface area contributed by atoms with Crippen LogP contribution in [0.3, 0.4) is 0 Å². The number of aromatic nitrogens is 6. The van der Waals surface area contributed by atoms with Crippen molar-refractivity contribution in [3.63, 3.8) is 0 Å². The van der Waals surface area contributed by atoms with E-state index in [9.17, 15) is 18.0 Å². The number of hydrogen-bond acceptors (Lipinski definition) is 6. The molecule has 3 heterocycles. The molecule has 1 amide bonds. The molecule has 0 aliphatic heterocycles. The molecule has 0 saturated heterocycles. The molecule has 9 nitrogen and oxygen atoms in total. The number of fused-ring (bicyclic) bond motifs is 1.